The highest BCUT2D eigenvalue weighted by Gasteiger charge is 2.05. The summed E-state index contributed by atoms with van der Waals surface area (Å²) < 4.78 is 0. The molecule has 1 amide bonds. The first-order chi connectivity index (χ1) is 7.66. The molecule has 2 aromatic rings. The van der Waals surface area contributed by atoms with Crippen LogP contribution in [0.25, 0.3) is 0 Å². The minimum absolute atomic E-state index is 0.437. The van der Waals surface area contributed by atoms with E-state index in [1.165, 1.54) is 0 Å². The molecule has 0 aliphatic heterocycles. The van der Waals surface area contributed by atoms with Gasteiger partial charge in [0.05, 0.1) is 11.4 Å². The van der Waals surface area contributed by atoms with E-state index in [2.05, 4.69) is 5.32 Å². The number of anilines is 3. The number of amides is 1. The third-order valence-electron chi connectivity index (χ3n) is 2.14. The van der Waals surface area contributed by atoms with E-state index in [0.29, 0.717) is 16.9 Å². The highest BCUT2D eigenvalue weighted by molar-refractivity contribution is 7.08. The molecule has 4 nitrogen and oxygen atoms in total. The van der Waals surface area contributed by atoms with Crippen LogP contribution in [0.1, 0.15) is 10.4 Å². The van der Waals surface area contributed by atoms with Crippen LogP contribution < -0.4 is 16.8 Å². The molecule has 2 rings (SSSR count). The van der Waals surface area contributed by atoms with Gasteiger partial charge in [0, 0.05) is 16.6 Å². The zero-order valence-electron chi connectivity index (χ0n) is 8.44. The topological polar surface area (TPSA) is 81.1 Å². The molecule has 5 N–H and O–H groups in total. The number of hydrogen-bond donors (Lipinski definition) is 3. The predicted octanol–water partition coefficient (Wildman–Crippen LogP) is 2.17. The van der Waals surface area contributed by atoms with Crippen LogP contribution in [0.15, 0.2) is 35.0 Å². The Morgan fingerprint density at radius 1 is 1.31 bits per heavy atom. The molecule has 1 heterocycles. The van der Waals surface area contributed by atoms with Gasteiger partial charge >= 0.3 is 0 Å². The quantitative estimate of drug-likeness (QED) is 0.711. The van der Waals surface area contributed by atoms with Crippen LogP contribution >= 0.6 is 11.3 Å². The minimum Gasteiger partial charge on any atom is -0.397 e. The summed E-state index contributed by atoms with van der Waals surface area (Å²) in [5.41, 5.74) is 13.6. The van der Waals surface area contributed by atoms with Crippen molar-refractivity contribution in [1.29, 1.82) is 0 Å². The molecule has 82 valence electrons. The first-order valence-electron chi connectivity index (χ1n) is 4.65. The maximum atomic E-state index is 11.0. The number of nitrogens with one attached hydrogen (secondary N) is 1. The van der Waals surface area contributed by atoms with E-state index in [0.717, 1.165) is 5.69 Å². The largest absolute Gasteiger partial charge is 0.397 e. The predicted molar refractivity (Wildman–Crippen MR) is 67.0 cm³/mol. The Morgan fingerprint density at radius 2 is 2.12 bits per heavy atom. The highest BCUT2D eigenvalue weighted by atomic mass is 32.1. The average Bonchev–Trinajstić information content (AvgIpc) is 2.73. The van der Waals surface area contributed by atoms with E-state index in [4.69, 9.17) is 11.5 Å². The first kappa shape index (κ1) is 10.5. The molecule has 16 heavy (non-hydrogen) atoms. The summed E-state index contributed by atoms with van der Waals surface area (Å²) in [7, 11) is 0. The van der Waals surface area contributed by atoms with Crippen molar-refractivity contribution >= 4 is 34.3 Å². The zero-order chi connectivity index (χ0) is 11.5. The number of nitrogens with two attached hydrogens (primary N) is 2. The van der Waals surface area contributed by atoms with Gasteiger partial charge < -0.3 is 16.8 Å². The summed E-state index contributed by atoms with van der Waals surface area (Å²) in [6.07, 6.45) is 0. The molecule has 0 atom stereocenters. The van der Waals surface area contributed by atoms with Crippen molar-refractivity contribution in [2.75, 3.05) is 11.1 Å². The maximum Gasteiger partial charge on any atom is 0.248 e. The van der Waals surface area contributed by atoms with Gasteiger partial charge in [0.1, 0.15) is 0 Å². The van der Waals surface area contributed by atoms with Crippen molar-refractivity contribution < 1.29 is 4.79 Å². The Morgan fingerprint density at radius 3 is 2.75 bits per heavy atom. The second kappa shape index (κ2) is 4.24. The average molecular weight is 233 g/mol. The lowest BCUT2D eigenvalue weighted by Crippen LogP contribution is -2.11. The van der Waals surface area contributed by atoms with Gasteiger partial charge in [-0.25, -0.2) is 0 Å². The van der Waals surface area contributed by atoms with E-state index in [1.807, 2.05) is 16.8 Å². The monoisotopic (exact) mass is 233 g/mol. The van der Waals surface area contributed by atoms with Crippen LogP contribution in [0.4, 0.5) is 17.1 Å². The van der Waals surface area contributed by atoms with Crippen LogP contribution in [0, 0.1) is 0 Å². The Labute approximate surface area is 96.9 Å². The second-order valence-corrected chi connectivity index (χ2v) is 4.08. The molecule has 0 spiro atoms. The molecular weight excluding hydrogens is 222 g/mol. The van der Waals surface area contributed by atoms with Gasteiger partial charge in [-0.05, 0) is 29.6 Å². The fourth-order valence-corrected chi connectivity index (χ4v) is 1.90. The van der Waals surface area contributed by atoms with E-state index < -0.39 is 5.91 Å². The Balaban J connectivity index is 2.32. The minimum atomic E-state index is -0.464. The van der Waals surface area contributed by atoms with Gasteiger partial charge in [-0.15, -0.1) is 0 Å². The van der Waals surface area contributed by atoms with Crippen LogP contribution in [-0.2, 0) is 0 Å². The van der Waals surface area contributed by atoms with Gasteiger partial charge in [0.2, 0.25) is 5.91 Å². The zero-order valence-corrected chi connectivity index (χ0v) is 9.25. The lowest BCUT2D eigenvalue weighted by atomic mass is 10.1. The highest BCUT2D eigenvalue weighted by Crippen LogP contribution is 2.25. The van der Waals surface area contributed by atoms with E-state index in [-0.39, 0.29) is 0 Å². The van der Waals surface area contributed by atoms with E-state index >= 15 is 0 Å². The molecule has 1 aromatic heterocycles. The maximum absolute atomic E-state index is 11.0. The number of benzene rings is 1. The van der Waals surface area contributed by atoms with Gasteiger partial charge in [0.15, 0.2) is 0 Å². The Bertz CT molecular complexity index is 508. The van der Waals surface area contributed by atoms with Gasteiger partial charge in [0.25, 0.3) is 0 Å². The molecule has 0 fully saturated rings. The molecule has 0 saturated heterocycles. The van der Waals surface area contributed by atoms with Crippen molar-refractivity contribution in [1.82, 2.24) is 0 Å². The van der Waals surface area contributed by atoms with Crippen molar-refractivity contribution in [3.05, 3.63) is 40.6 Å². The number of nitrogen functional groups attached to an aromatic ring is 1. The first-order valence-corrected chi connectivity index (χ1v) is 5.59. The van der Waals surface area contributed by atoms with Crippen molar-refractivity contribution in [2.45, 2.75) is 0 Å². The molecule has 0 saturated carbocycles. The molecular formula is C11H11N3OS. The van der Waals surface area contributed by atoms with Gasteiger partial charge in [-0.3, -0.25) is 4.79 Å². The van der Waals surface area contributed by atoms with Crippen LogP contribution in [0.3, 0.4) is 0 Å². The molecule has 5 heteroatoms. The van der Waals surface area contributed by atoms with Crippen molar-refractivity contribution in [3.8, 4) is 0 Å². The third kappa shape index (κ3) is 2.14. The van der Waals surface area contributed by atoms with Gasteiger partial charge in [-0.1, -0.05) is 0 Å². The lowest BCUT2D eigenvalue weighted by Gasteiger charge is -2.08. The number of hydrogen-bond acceptors (Lipinski definition) is 4. The fraction of sp³-hybridized carbons (Fsp3) is 0. The summed E-state index contributed by atoms with van der Waals surface area (Å²) in [5.74, 6) is -0.464. The SMILES string of the molecule is NC(=O)c1ccc(N)c(Nc2ccsc2)c1. The van der Waals surface area contributed by atoms with Crippen LogP contribution in [0.5, 0.6) is 0 Å². The Kier molecular flexibility index (Phi) is 2.78. The molecule has 0 radical (unpaired) electrons. The summed E-state index contributed by atoms with van der Waals surface area (Å²) in [4.78, 5) is 11.0. The molecule has 0 aliphatic carbocycles. The van der Waals surface area contributed by atoms with Crippen LogP contribution in [0.2, 0.25) is 0 Å². The van der Waals surface area contributed by atoms with Gasteiger partial charge in [-0.2, -0.15) is 11.3 Å². The lowest BCUT2D eigenvalue weighted by molar-refractivity contribution is 0.100. The molecule has 0 bridgehead atoms. The van der Waals surface area contributed by atoms with E-state index in [1.54, 1.807) is 29.5 Å². The number of carbonyl (C=O) groups excluding carboxylic acids is 1. The number of thiophene rings is 1. The normalized spacial score (nSPS) is 10.0. The number of rotatable bonds is 3. The second-order valence-electron chi connectivity index (χ2n) is 3.30. The fourth-order valence-electron chi connectivity index (χ4n) is 1.31. The standard InChI is InChI=1S/C11H11N3OS/c12-9-2-1-7(11(13)15)5-10(9)14-8-3-4-16-6-8/h1-6,14H,12H2,(H2,13,15). The summed E-state index contributed by atoms with van der Waals surface area (Å²) in [6, 6.07) is 6.85. The smallest absolute Gasteiger partial charge is 0.248 e. The Hall–Kier alpha value is -2.01. The number of primary amides is 1. The van der Waals surface area contributed by atoms with Crippen molar-refractivity contribution in [3.63, 3.8) is 0 Å². The summed E-state index contributed by atoms with van der Waals surface area (Å²) in [5, 5.41) is 7.03. The summed E-state index contributed by atoms with van der Waals surface area (Å²) >= 11 is 1.58. The van der Waals surface area contributed by atoms with E-state index in [9.17, 15) is 4.79 Å². The van der Waals surface area contributed by atoms with Crippen LogP contribution in [-0.4, -0.2) is 5.91 Å². The summed E-state index contributed by atoms with van der Waals surface area (Å²) in [6.45, 7) is 0. The molecule has 1 aromatic carbocycles. The molecule has 0 aliphatic rings. The number of carbonyl (C=O) groups is 1. The molecule has 0 unspecified atom stereocenters. The third-order valence-corrected chi connectivity index (χ3v) is 2.82. The van der Waals surface area contributed by atoms with Crippen molar-refractivity contribution in [2.24, 2.45) is 5.73 Å².